The number of benzene rings is 1. The molecule has 122 valence electrons. The van der Waals surface area contributed by atoms with Gasteiger partial charge in [-0.05, 0) is 31.0 Å². The van der Waals surface area contributed by atoms with Gasteiger partial charge in [-0.15, -0.1) is 0 Å². The van der Waals surface area contributed by atoms with Crippen LogP contribution in [0, 0.1) is 11.6 Å². The molecule has 1 saturated heterocycles. The third-order valence-corrected chi connectivity index (χ3v) is 4.22. The molecule has 22 heavy (non-hydrogen) atoms. The number of β-amino-alcohol motifs (C(OH)–C–C–N with tert-alkyl or cyclic N) is 1. The quantitative estimate of drug-likeness (QED) is 0.904. The first-order valence-corrected chi connectivity index (χ1v) is 7.53. The molecule has 4 nitrogen and oxygen atoms in total. The second kappa shape index (κ2) is 7.15. The van der Waals surface area contributed by atoms with Crippen LogP contribution in [0.15, 0.2) is 18.2 Å². The molecule has 1 aliphatic heterocycles. The van der Waals surface area contributed by atoms with Crippen molar-refractivity contribution in [2.24, 2.45) is 0 Å². The Kier molecular flexibility index (Phi) is 5.47. The lowest BCUT2D eigenvalue weighted by Crippen LogP contribution is -2.32. The standard InChI is InChI=1S/C16H22F2N2O2/c1-3-19(2)16(22)6-7-20-10-12(21)9-15(20)11-4-5-13(17)14(18)8-11/h4-5,8,12,15,21H,3,6-7,9-10H2,1-2H3/t12-,15+/m0/s1. The lowest BCUT2D eigenvalue weighted by atomic mass is 10.0. The maximum atomic E-state index is 13.4. The zero-order chi connectivity index (χ0) is 16.3. The monoisotopic (exact) mass is 312 g/mol. The molecule has 1 amide bonds. The van der Waals surface area contributed by atoms with Crippen LogP contribution in [0.3, 0.4) is 0 Å². The summed E-state index contributed by atoms with van der Waals surface area (Å²) in [6, 6.07) is 3.62. The van der Waals surface area contributed by atoms with Gasteiger partial charge in [0.25, 0.3) is 0 Å². The summed E-state index contributed by atoms with van der Waals surface area (Å²) < 4.78 is 26.5. The van der Waals surface area contributed by atoms with Crippen molar-refractivity contribution in [3.63, 3.8) is 0 Å². The van der Waals surface area contributed by atoms with Gasteiger partial charge in [-0.1, -0.05) is 6.07 Å². The van der Waals surface area contributed by atoms with Gasteiger partial charge in [0.15, 0.2) is 11.6 Å². The fourth-order valence-corrected chi connectivity index (χ4v) is 2.80. The van der Waals surface area contributed by atoms with Crippen molar-refractivity contribution in [1.82, 2.24) is 9.80 Å². The zero-order valence-electron chi connectivity index (χ0n) is 12.9. The van der Waals surface area contributed by atoms with Crippen molar-refractivity contribution in [1.29, 1.82) is 0 Å². The van der Waals surface area contributed by atoms with E-state index < -0.39 is 17.7 Å². The average molecular weight is 312 g/mol. The lowest BCUT2D eigenvalue weighted by molar-refractivity contribution is -0.130. The van der Waals surface area contributed by atoms with Gasteiger partial charge in [-0.3, -0.25) is 9.69 Å². The van der Waals surface area contributed by atoms with Crippen molar-refractivity contribution in [2.45, 2.75) is 31.9 Å². The number of aliphatic hydroxyl groups excluding tert-OH is 1. The molecule has 1 fully saturated rings. The van der Waals surface area contributed by atoms with Crippen LogP contribution < -0.4 is 0 Å². The van der Waals surface area contributed by atoms with Crippen molar-refractivity contribution >= 4 is 5.91 Å². The largest absolute Gasteiger partial charge is 0.392 e. The van der Waals surface area contributed by atoms with E-state index in [4.69, 9.17) is 0 Å². The van der Waals surface area contributed by atoms with E-state index in [1.54, 1.807) is 11.9 Å². The first kappa shape index (κ1) is 16.8. The Hall–Kier alpha value is -1.53. The molecule has 2 rings (SSSR count). The predicted molar refractivity (Wildman–Crippen MR) is 79.2 cm³/mol. The van der Waals surface area contributed by atoms with Crippen molar-refractivity contribution in [3.05, 3.63) is 35.4 Å². The average Bonchev–Trinajstić information content (AvgIpc) is 2.87. The third kappa shape index (κ3) is 3.81. The smallest absolute Gasteiger partial charge is 0.223 e. The van der Waals surface area contributed by atoms with Crippen LogP contribution in [0.1, 0.15) is 31.4 Å². The minimum atomic E-state index is -0.888. The first-order valence-electron chi connectivity index (χ1n) is 7.53. The SMILES string of the molecule is CCN(C)C(=O)CCN1C[C@@H](O)C[C@@H]1c1ccc(F)c(F)c1. The number of likely N-dealkylation sites (tertiary alicyclic amines) is 1. The minimum absolute atomic E-state index is 0.0351. The Morgan fingerprint density at radius 3 is 2.77 bits per heavy atom. The molecule has 0 radical (unpaired) electrons. The molecule has 0 saturated carbocycles. The zero-order valence-corrected chi connectivity index (χ0v) is 12.9. The fraction of sp³-hybridized carbons (Fsp3) is 0.562. The predicted octanol–water partition coefficient (Wildman–Crippen LogP) is 1.94. The number of hydrogen-bond donors (Lipinski definition) is 1. The van der Waals surface area contributed by atoms with Crippen LogP contribution >= 0.6 is 0 Å². The first-order chi connectivity index (χ1) is 10.4. The molecule has 6 heteroatoms. The van der Waals surface area contributed by atoms with E-state index in [0.717, 1.165) is 6.07 Å². The van der Waals surface area contributed by atoms with E-state index in [9.17, 15) is 18.7 Å². The summed E-state index contributed by atoms with van der Waals surface area (Å²) in [5.41, 5.74) is 0.631. The summed E-state index contributed by atoms with van der Waals surface area (Å²) in [5, 5.41) is 9.87. The molecule has 1 aromatic carbocycles. The molecular formula is C16H22F2N2O2. The topological polar surface area (TPSA) is 43.8 Å². The highest BCUT2D eigenvalue weighted by atomic mass is 19.2. The Bertz CT molecular complexity index is 539. The highest BCUT2D eigenvalue weighted by molar-refractivity contribution is 5.76. The van der Waals surface area contributed by atoms with Gasteiger partial charge in [0.05, 0.1) is 6.10 Å². The summed E-state index contributed by atoms with van der Waals surface area (Å²) in [6.45, 7) is 3.48. The lowest BCUT2D eigenvalue weighted by Gasteiger charge is -2.25. The second-order valence-electron chi connectivity index (χ2n) is 5.73. The third-order valence-electron chi connectivity index (χ3n) is 4.22. The molecular weight excluding hydrogens is 290 g/mol. The summed E-state index contributed by atoms with van der Waals surface area (Å²) in [6.07, 6.45) is 0.289. The van der Waals surface area contributed by atoms with Crippen LogP contribution in [-0.4, -0.2) is 53.6 Å². The van der Waals surface area contributed by atoms with E-state index in [-0.39, 0.29) is 11.9 Å². The van der Waals surface area contributed by atoms with Crippen LogP contribution in [0.25, 0.3) is 0 Å². The van der Waals surface area contributed by atoms with Crippen LogP contribution in [0.4, 0.5) is 8.78 Å². The van der Waals surface area contributed by atoms with E-state index >= 15 is 0 Å². The highest BCUT2D eigenvalue weighted by Gasteiger charge is 2.32. The van der Waals surface area contributed by atoms with Gasteiger partial charge in [0, 0.05) is 39.1 Å². The fourth-order valence-electron chi connectivity index (χ4n) is 2.80. The number of amides is 1. The number of nitrogens with zero attached hydrogens (tertiary/aromatic N) is 2. The summed E-state index contributed by atoms with van der Waals surface area (Å²) in [7, 11) is 1.74. The van der Waals surface area contributed by atoms with Crippen molar-refractivity contribution in [3.8, 4) is 0 Å². The van der Waals surface area contributed by atoms with Gasteiger partial charge in [-0.2, -0.15) is 0 Å². The van der Waals surface area contributed by atoms with E-state index in [1.807, 2.05) is 11.8 Å². The number of carbonyl (C=O) groups is 1. The molecule has 2 atom stereocenters. The van der Waals surface area contributed by atoms with Crippen molar-refractivity contribution < 1.29 is 18.7 Å². The van der Waals surface area contributed by atoms with E-state index in [1.165, 1.54) is 12.1 Å². The molecule has 0 aromatic heterocycles. The molecule has 0 spiro atoms. The van der Waals surface area contributed by atoms with Gasteiger partial charge in [-0.25, -0.2) is 8.78 Å². The van der Waals surface area contributed by atoms with Crippen molar-refractivity contribution in [2.75, 3.05) is 26.7 Å². The Balaban J connectivity index is 2.06. The maximum Gasteiger partial charge on any atom is 0.223 e. The number of aliphatic hydroxyl groups is 1. The molecule has 0 bridgehead atoms. The van der Waals surface area contributed by atoms with Crippen LogP contribution in [-0.2, 0) is 4.79 Å². The molecule has 1 aromatic rings. The van der Waals surface area contributed by atoms with Gasteiger partial charge >= 0.3 is 0 Å². The second-order valence-corrected chi connectivity index (χ2v) is 5.73. The Morgan fingerprint density at radius 2 is 2.14 bits per heavy atom. The molecule has 1 N–H and O–H groups in total. The summed E-state index contributed by atoms with van der Waals surface area (Å²) in [5.74, 6) is -1.73. The Labute approximate surface area is 129 Å². The molecule has 1 aliphatic rings. The summed E-state index contributed by atoms with van der Waals surface area (Å²) >= 11 is 0. The minimum Gasteiger partial charge on any atom is -0.392 e. The van der Waals surface area contributed by atoms with E-state index in [0.29, 0.717) is 38.0 Å². The van der Waals surface area contributed by atoms with Gasteiger partial charge < -0.3 is 10.0 Å². The summed E-state index contributed by atoms with van der Waals surface area (Å²) in [4.78, 5) is 15.5. The molecule has 1 heterocycles. The molecule has 0 aliphatic carbocycles. The van der Waals surface area contributed by atoms with Crippen LogP contribution in [0.5, 0.6) is 0 Å². The number of carbonyl (C=O) groups excluding carboxylic acids is 1. The van der Waals surface area contributed by atoms with Crippen LogP contribution in [0.2, 0.25) is 0 Å². The van der Waals surface area contributed by atoms with E-state index in [2.05, 4.69) is 0 Å². The number of halogens is 2. The highest BCUT2D eigenvalue weighted by Crippen LogP contribution is 2.32. The van der Waals surface area contributed by atoms with Gasteiger partial charge in [0.1, 0.15) is 0 Å². The molecule has 0 unspecified atom stereocenters. The maximum absolute atomic E-state index is 13.4. The Morgan fingerprint density at radius 1 is 1.41 bits per heavy atom. The van der Waals surface area contributed by atoms with Gasteiger partial charge in [0.2, 0.25) is 5.91 Å². The normalized spacial score (nSPS) is 22.0. The number of rotatable bonds is 5. The number of hydrogen-bond acceptors (Lipinski definition) is 3.